The summed E-state index contributed by atoms with van der Waals surface area (Å²) in [7, 11) is 0. The first-order valence-electron chi connectivity index (χ1n) is 6.32. The molecule has 0 aliphatic rings. The smallest absolute Gasteiger partial charge is 0.352 e. The zero-order valence-electron chi connectivity index (χ0n) is 11.2. The molecule has 0 radical (unpaired) electrons. The number of aromatic carboxylic acids is 1. The topological polar surface area (TPSA) is 79.4 Å². The lowest BCUT2D eigenvalue weighted by atomic mass is 10.1. The molecule has 1 aromatic heterocycles. The van der Waals surface area contributed by atoms with E-state index < -0.39 is 5.97 Å². The van der Waals surface area contributed by atoms with Crippen molar-refractivity contribution in [3.8, 4) is 0 Å². The van der Waals surface area contributed by atoms with Gasteiger partial charge in [-0.1, -0.05) is 31.9 Å². The molecular weight excluding hydrogens is 406 g/mol. The lowest BCUT2D eigenvalue weighted by Crippen LogP contribution is -2.07. The average molecular weight is 419 g/mol. The standard InChI is InChI=1S/C14H13Br2NO4/c1-2-21-11(18)4-3-8-12-9(16)5-7(15)6-10(12)17-13(8)14(19)20/h5-6,17H,2-4H2,1H3,(H,19,20). The Morgan fingerprint density at radius 2 is 2.05 bits per heavy atom. The first-order valence-corrected chi connectivity index (χ1v) is 7.91. The predicted molar refractivity (Wildman–Crippen MR) is 85.6 cm³/mol. The fourth-order valence-corrected chi connectivity index (χ4v) is 3.67. The first kappa shape index (κ1) is 16.0. The number of aromatic amines is 1. The molecule has 0 saturated heterocycles. The van der Waals surface area contributed by atoms with Crippen LogP contribution in [0.5, 0.6) is 0 Å². The maximum absolute atomic E-state index is 11.5. The maximum Gasteiger partial charge on any atom is 0.352 e. The number of nitrogens with one attached hydrogen (secondary N) is 1. The van der Waals surface area contributed by atoms with Gasteiger partial charge in [0.2, 0.25) is 0 Å². The van der Waals surface area contributed by atoms with Crippen LogP contribution in [-0.4, -0.2) is 28.6 Å². The third kappa shape index (κ3) is 3.47. The van der Waals surface area contributed by atoms with Crippen LogP contribution in [0, 0.1) is 0 Å². The fourth-order valence-electron chi connectivity index (χ4n) is 2.21. The number of hydrogen-bond donors (Lipinski definition) is 2. The Hall–Kier alpha value is -1.34. The molecule has 2 aromatic rings. The highest BCUT2D eigenvalue weighted by Gasteiger charge is 2.20. The first-order chi connectivity index (χ1) is 9.93. The quantitative estimate of drug-likeness (QED) is 0.722. The summed E-state index contributed by atoms with van der Waals surface area (Å²) < 4.78 is 6.49. The largest absolute Gasteiger partial charge is 0.477 e. The van der Waals surface area contributed by atoms with E-state index in [0.717, 1.165) is 14.3 Å². The molecule has 1 heterocycles. The molecule has 0 saturated carbocycles. The Labute approximate surface area is 137 Å². The highest BCUT2D eigenvalue weighted by Crippen LogP contribution is 2.33. The number of carboxylic acids is 1. The van der Waals surface area contributed by atoms with Crippen molar-refractivity contribution in [2.24, 2.45) is 0 Å². The number of rotatable bonds is 5. The van der Waals surface area contributed by atoms with Gasteiger partial charge in [-0.3, -0.25) is 4.79 Å². The van der Waals surface area contributed by atoms with E-state index in [4.69, 9.17) is 4.74 Å². The van der Waals surface area contributed by atoms with Crippen molar-refractivity contribution in [1.29, 1.82) is 0 Å². The van der Waals surface area contributed by atoms with Crippen molar-refractivity contribution in [1.82, 2.24) is 4.98 Å². The van der Waals surface area contributed by atoms with Crippen LogP contribution in [0.15, 0.2) is 21.1 Å². The molecule has 112 valence electrons. The minimum atomic E-state index is -1.05. The van der Waals surface area contributed by atoms with Gasteiger partial charge >= 0.3 is 11.9 Å². The van der Waals surface area contributed by atoms with Crippen molar-refractivity contribution in [3.05, 3.63) is 32.3 Å². The maximum atomic E-state index is 11.5. The lowest BCUT2D eigenvalue weighted by Gasteiger charge is -2.04. The van der Waals surface area contributed by atoms with Gasteiger partial charge in [0.1, 0.15) is 5.69 Å². The summed E-state index contributed by atoms with van der Waals surface area (Å²) in [5, 5.41) is 10.1. The lowest BCUT2D eigenvalue weighted by molar-refractivity contribution is -0.143. The van der Waals surface area contributed by atoms with Gasteiger partial charge in [0, 0.05) is 26.3 Å². The van der Waals surface area contributed by atoms with Gasteiger partial charge in [-0.25, -0.2) is 4.79 Å². The third-order valence-corrected chi connectivity index (χ3v) is 4.10. The zero-order valence-corrected chi connectivity index (χ0v) is 14.4. The second-order valence-corrected chi connectivity index (χ2v) is 6.17. The van der Waals surface area contributed by atoms with E-state index in [2.05, 4.69) is 36.8 Å². The van der Waals surface area contributed by atoms with E-state index in [1.54, 1.807) is 13.0 Å². The van der Waals surface area contributed by atoms with Gasteiger partial charge in [-0.05, 0) is 31.0 Å². The molecule has 1 aromatic carbocycles. The molecule has 2 rings (SSSR count). The van der Waals surface area contributed by atoms with Crippen LogP contribution in [0.1, 0.15) is 29.4 Å². The van der Waals surface area contributed by atoms with Gasteiger partial charge < -0.3 is 14.8 Å². The van der Waals surface area contributed by atoms with Crippen LogP contribution >= 0.6 is 31.9 Å². The van der Waals surface area contributed by atoms with Crippen LogP contribution in [0.2, 0.25) is 0 Å². The second kappa shape index (κ2) is 6.62. The molecule has 0 unspecified atom stereocenters. The molecule has 0 aliphatic heterocycles. The summed E-state index contributed by atoms with van der Waals surface area (Å²) in [4.78, 5) is 25.8. The summed E-state index contributed by atoms with van der Waals surface area (Å²) in [6, 6.07) is 3.65. The highest BCUT2D eigenvalue weighted by molar-refractivity contribution is 9.11. The SMILES string of the molecule is CCOC(=O)CCc1c(C(=O)O)[nH]c2cc(Br)cc(Br)c12. The number of H-pyrrole nitrogens is 1. The molecule has 0 aliphatic carbocycles. The molecule has 0 spiro atoms. The molecule has 7 heteroatoms. The van der Waals surface area contributed by atoms with Crippen LogP contribution in [0.25, 0.3) is 10.9 Å². The van der Waals surface area contributed by atoms with E-state index in [9.17, 15) is 14.7 Å². The molecule has 21 heavy (non-hydrogen) atoms. The normalized spacial score (nSPS) is 10.8. The van der Waals surface area contributed by atoms with E-state index in [1.807, 2.05) is 6.07 Å². The van der Waals surface area contributed by atoms with Crippen LogP contribution in [0.3, 0.4) is 0 Å². The minimum absolute atomic E-state index is 0.105. The summed E-state index contributed by atoms with van der Waals surface area (Å²) >= 11 is 6.80. The van der Waals surface area contributed by atoms with Crippen LogP contribution in [0.4, 0.5) is 0 Å². The van der Waals surface area contributed by atoms with Gasteiger partial charge in [0.05, 0.1) is 6.61 Å². The number of benzene rings is 1. The third-order valence-electron chi connectivity index (χ3n) is 3.02. The van der Waals surface area contributed by atoms with Gasteiger partial charge in [-0.2, -0.15) is 0 Å². The number of fused-ring (bicyclic) bond motifs is 1. The number of carbonyl (C=O) groups excluding carboxylic acids is 1. The van der Waals surface area contributed by atoms with Crippen LogP contribution < -0.4 is 0 Å². The number of ether oxygens (including phenoxy) is 1. The van der Waals surface area contributed by atoms with Crippen molar-refractivity contribution < 1.29 is 19.4 Å². The Kier molecular flexibility index (Phi) is 5.05. The van der Waals surface area contributed by atoms with E-state index >= 15 is 0 Å². The number of aryl methyl sites for hydroxylation is 1. The molecule has 0 atom stereocenters. The number of halogens is 2. The number of aromatic nitrogens is 1. The van der Waals surface area contributed by atoms with Gasteiger partial charge in [0.15, 0.2) is 0 Å². The number of esters is 1. The molecule has 2 N–H and O–H groups in total. The molecule has 5 nitrogen and oxygen atoms in total. The molecule has 0 amide bonds. The summed E-state index contributed by atoms with van der Waals surface area (Å²) in [5.41, 5.74) is 1.41. The monoisotopic (exact) mass is 417 g/mol. The van der Waals surface area contributed by atoms with E-state index in [0.29, 0.717) is 24.1 Å². The molecule has 0 bridgehead atoms. The Bertz CT molecular complexity index is 709. The van der Waals surface area contributed by atoms with Crippen molar-refractivity contribution in [2.75, 3.05) is 6.61 Å². The van der Waals surface area contributed by atoms with Crippen molar-refractivity contribution in [2.45, 2.75) is 19.8 Å². The summed E-state index contributed by atoms with van der Waals surface area (Å²) in [6.45, 7) is 2.05. The van der Waals surface area contributed by atoms with Crippen molar-refractivity contribution >= 4 is 54.7 Å². The fraction of sp³-hybridized carbons (Fsp3) is 0.286. The van der Waals surface area contributed by atoms with E-state index in [1.165, 1.54) is 0 Å². The minimum Gasteiger partial charge on any atom is -0.477 e. The number of carbonyl (C=O) groups is 2. The summed E-state index contributed by atoms with van der Waals surface area (Å²) in [5.74, 6) is -1.38. The van der Waals surface area contributed by atoms with E-state index in [-0.39, 0.29) is 18.1 Å². The Balaban J connectivity index is 2.46. The van der Waals surface area contributed by atoms with Crippen molar-refractivity contribution in [3.63, 3.8) is 0 Å². The Morgan fingerprint density at radius 3 is 2.67 bits per heavy atom. The Morgan fingerprint density at radius 1 is 1.33 bits per heavy atom. The van der Waals surface area contributed by atoms with Gasteiger partial charge in [-0.15, -0.1) is 0 Å². The number of carboxylic acid groups (broad SMARTS) is 1. The van der Waals surface area contributed by atoms with Crippen LogP contribution in [-0.2, 0) is 16.0 Å². The molecular formula is C14H13Br2NO4. The summed E-state index contributed by atoms with van der Waals surface area (Å²) in [6.07, 6.45) is 0.449. The average Bonchev–Trinajstić information content (AvgIpc) is 2.75. The number of hydrogen-bond acceptors (Lipinski definition) is 3. The highest BCUT2D eigenvalue weighted by atomic mass is 79.9. The zero-order chi connectivity index (χ0) is 15.6. The predicted octanol–water partition coefficient (Wildman–Crippen LogP) is 3.89. The molecule has 0 fully saturated rings. The van der Waals surface area contributed by atoms with Gasteiger partial charge in [0.25, 0.3) is 0 Å². The second-order valence-electron chi connectivity index (χ2n) is 4.40.